The van der Waals surface area contributed by atoms with E-state index in [9.17, 15) is 5.11 Å². The summed E-state index contributed by atoms with van der Waals surface area (Å²) in [4.78, 5) is 0. The molecular weight excluding hydrogens is 338 g/mol. The van der Waals surface area contributed by atoms with Gasteiger partial charge in [-0.05, 0) is 72.6 Å². The van der Waals surface area contributed by atoms with E-state index in [0.717, 1.165) is 34.3 Å². The van der Waals surface area contributed by atoms with Gasteiger partial charge in [-0.25, -0.2) is 0 Å². The molecule has 0 atom stereocenters. The van der Waals surface area contributed by atoms with E-state index in [4.69, 9.17) is 0 Å². The average molecular weight is 356 g/mol. The third kappa shape index (κ3) is 2.95. The Morgan fingerprint density at radius 1 is 0.909 bits per heavy atom. The van der Waals surface area contributed by atoms with Gasteiger partial charge in [-0.3, -0.25) is 0 Å². The highest BCUT2D eigenvalue weighted by atomic mass is 79.9. The van der Waals surface area contributed by atoms with Crippen LogP contribution < -0.4 is 0 Å². The molecule has 0 unspecified atom stereocenters. The molecule has 0 spiro atoms. The summed E-state index contributed by atoms with van der Waals surface area (Å²) in [5.74, 6) is 0.291. The van der Waals surface area contributed by atoms with Gasteiger partial charge in [-0.2, -0.15) is 0 Å². The van der Waals surface area contributed by atoms with Gasteiger partial charge in [-0.1, -0.05) is 29.3 Å². The van der Waals surface area contributed by atoms with Crippen LogP contribution in [0.4, 0.5) is 0 Å². The van der Waals surface area contributed by atoms with E-state index in [0.29, 0.717) is 5.75 Å². The second-order valence-electron chi connectivity index (χ2n) is 5.32. The molecule has 3 aromatic rings. The predicted molar refractivity (Wildman–Crippen MR) is 94.6 cm³/mol. The van der Waals surface area contributed by atoms with E-state index in [1.54, 1.807) is 12.1 Å². The van der Waals surface area contributed by atoms with Crippen molar-refractivity contribution in [2.75, 3.05) is 0 Å². The molecule has 1 aromatic heterocycles. The van der Waals surface area contributed by atoms with Gasteiger partial charge in [0.2, 0.25) is 0 Å². The number of phenolic OH excluding ortho intramolecular Hbond substituents is 1. The molecule has 0 fully saturated rings. The molecule has 3 rings (SSSR count). The fourth-order valence-electron chi connectivity index (χ4n) is 2.68. The number of hydrogen-bond donors (Lipinski definition) is 1. The Morgan fingerprint density at radius 3 is 2.23 bits per heavy atom. The summed E-state index contributed by atoms with van der Waals surface area (Å²) < 4.78 is 3.37. The zero-order chi connectivity index (χ0) is 15.5. The van der Waals surface area contributed by atoms with Gasteiger partial charge in [-0.15, -0.1) is 0 Å². The summed E-state index contributed by atoms with van der Waals surface area (Å²) in [5, 5.41) is 9.50. The third-order valence-electron chi connectivity index (χ3n) is 3.72. The van der Waals surface area contributed by atoms with Crippen molar-refractivity contribution in [1.29, 1.82) is 0 Å². The topological polar surface area (TPSA) is 25.2 Å². The quantitative estimate of drug-likeness (QED) is 0.650. The molecule has 2 aromatic carbocycles. The minimum absolute atomic E-state index is 0.291. The molecule has 0 amide bonds. The lowest BCUT2D eigenvalue weighted by molar-refractivity contribution is 0.475. The van der Waals surface area contributed by atoms with Crippen LogP contribution >= 0.6 is 15.9 Å². The van der Waals surface area contributed by atoms with Gasteiger partial charge < -0.3 is 9.67 Å². The predicted octanol–water partition coefficient (Wildman–Crippen LogP) is 5.56. The molecule has 0 saturated heterocycles. The number of rotatable bonds is 4. The number of phenols is 1. The second kappa shape index (κ2) is 6.41. The highest BCUT2D eigenvalue weighted by molar-refractivity contribution is 9.10. The SMILES string of the molecule is CCCc1ccc(-c2ccc(O)cc2)n1-c1ccc(Br)cc1. The van der Waals surface area contributed by atoms with Gasteiger partial charge in [0, 0.05) is 15.9 Å². The largest absolute Gasteiger partial charge is 0.508 e. The zero-order valence-electron chi connectivity index (χ0n) is 12.5. The van der Waals surface area contributed by atoms with E-state index in [1.807, 2.05) is 12.1 Å². The van der Waals surface area contributed by atoms with Gasteiger partial charge >= 0.3 is 0 Å². The van der Waals surface area contributed by atoms with Gasteiger partial charge in [0.25, 0.3) is 0 Å². The molecule has 0 aliphatic rings. The Balaban J connectivity index is 2.14. The van der Waals surface area contributed by atoms with Crippen LogP contribution in [0.5, 0.6) is 5.75 Å². The lowest BCUT2D eigenvalue weighted by atomic mass is 10.1. The number of aromatic nitrogens is 1. The van der Waals surface area contributed by atoms with Crippen molar-refractivity contribution in [2.45, 2.75) is 19.8 Å². The van der Waals surface area contributed by atoms with Crippen LogP contribution in [-0.2, 0) is 6.42 Å². The van der Waals surface area contributed by atoms with Crippen molar-refractivity contribution < 1.29 is 5.11 Å². The zero-order valence-corrected chi connectivity index (χ0v) is 14.0. The van der Waals surface area contributed by atoms with Crippen molar-refractivity contribution in [3.05, 3.63) is 70.8 Å². The van der Waals surface area contributed by atoms with Crippen LogP contribution in [0, 0.1) is 0 Å². The van der Waals surface area contributed by atoms with Crippen molar-refractivity contribution in [3.8, 4) is 22.7 Å². The Morgan fingerprint density at radius 2 is 1.59 bits per heavy atom. The number of aromatic hydroxyl groups is 1. The number of aryl methyl sites for hydroxylation is 1. The van der Waals surface area contributed by atoms with E-state index in [1.165, 1.54) is 5.69 Å². The average Bonchev–Trinajstić information content (AvgIpc) is 2.93. The Labute approximate surface area is 139 Å². The second-order valence-corrected chi connectivity index (χ2v) is 6.23. The summed E-state index contributed by atoms with van der Waals surface area (Å²) in [6, 6.07) is 20.1. The summed E-state index contributed by atoms with van der Waals surface area (Å²) in [5.41, 5.74) is 4.70. The first kappa shape index (κ1) is 14.9. The molecule has 0 radical (unpaired) electrons. The van der Waals surface area contributed by atoms with Crippen LogP contribution in [0.1, 0.15) is 19.0 Å². The van der Waals surface area contributed by atoms with E-state index < -0.39 is 0 Å². The fourth-order valence-corrected chi connectivity index (χ4v) is 2.95. The Bertz CT molecular complexity index is 757. The first-order valence-corrected chi connectivity index (χ1v) is 8.24. The van der Waals surface area contributed by atoms with Crippen LogP contribution in [0.2, 0.25) is 0 Å². The van der Waals surface area contributed by atoms with Crippen molar-refractivity contribution in [3.63, 3.8) is 0 Å². The Hall–Kier alpha value is -2.00. The van der Waals surface area contributed by atoms with Crippen LogP contribution in [0.15, 0.2) is 65.1 Å². The molecule has 1 N–H and O–H groups in total. The molecule has 3 heteroatoms. The highest BCUT2D eigenvalue weighted by Crippen LogP contribution is 2.29. The molecule has 22 heavy (non-hydrogen) atoms. The van der Waals surface area contributed by atoms with Crippen molar-refractivity contribution >= 4 is 15.9 Å². The smallest absolute Gasteiger partial charge is 0.115 e. The molecule has 2 nitrogen and oxygen atoms in total. The molecule has 0 bridgehead atoms. The van der Waals surface area contributed by atoms with Crippen molar-refractivity contribution in [1.82, 2.24) is 4.57 Å². The van der Waals surface area contributed by atoms with E-state index >= 15 is 0 Å². The van der Waals surface area contributed by atoms with Crippen LogP contribution in [0.3, 0.4) is 0 Å². The molecular formula is C19H18BrNO. The number of nitrogens with zero attached hydrogens (tertiary/aromatic N) is 1. The molecule has 0 aliphatic carbocycles. The van der Waals surface area contributed by atoms with Gasteiger partial charge in [0.15, 0.2) is 0 Å². The van der Waals surface area contributed by atoms with Gasteiger partial charge in [0.05, 0.1) is 5.69 Å². The maximum Gasteiger partial charge on any atom is 0.115 e. The minimum atomic E-state index is 0.291. The number of hydrogen-bond acceptors (Lipinski definition) is 1. The maximum absolute atomic E-state index is 9.50. The summed E-state index contributed by atoms with van der Waals surface area (Å²) in [7, 11) is 0. The first-order valence-electron chi connectivity index (χ1n) is 7.45. The lowest BCUT2D eigenvalue weighted by Crippen LogP contribution is -2.01. The number of benzene rings is 2. The summed E-state index contributed by atoms with van der Waals surface area (Å²) in [6.45, 7) is 2.19. The van der Waals surface area contributed by atoms with Crippen LogP contribution in [-0.4, -0.2) is 9.67 Å². The lowest BCUT2D eigenvalue weighted by Gasteiger charge is -2.14. The normalized spacial score (nSPS) is 10.8. The number of halogens is 1. The van der Waals surface area contributed by atoms with Gasteiger partial charge in [0.1, 0.15) is 5.75 Å². The molecule has 112 valence electrons. The monoisotopic (exact) mass is 355 g/mol. The first-order chi connectivity index (χ1) is 10.7. The molecule has 0 aliphatic heterocycles. The summed E-state index contributed by atoms with van der Waals surface area (Å²) in [6.07, 6.45) is 2.14. The third-order valence-corrected chi connectivity index (χ3v) is 4.24. The van der Waals surface area contributed by atoms with Crippen LogP contribution in [0.25, 0.3) is 16.9 Å². The highest BCUT2D eigenvalue weighted by Gasteiger charge is 2.11. The fraction of sp³-hybridized carbons (Fsp3) is 0.158. The molecule has 1 heterocycles. The molecule has 0 saturated carbocycles. The van der Waals surface area contributed by atoms with E-state index in [2.05, 4.69) is 63.8 Å². The maximum atomic E-state index is 9.50. The Kier molecular flexibility index (Phi) is 4.34. The minimum Gasteiger partial charge on any atom is -0.508 e. The van der Waals surface area contributed by atoms with E-state index in [-0.39, 0.29) is 0 Å². The summed E-state index contributed by atoms with van der Waals surface area (Å²) >= 11 is 3.49. The standard InChI is InChI=1S/C19H18BrNO/c1-2-3-16-10-13-19(14-4-11-18(22)12-5-14)21(16)17-8-6-15(20)7-9-17/h4-13,22H,2-3H2,1H3. The van der Waals surface area contributed by atoms with Crippen molar-refractivity contribution in [2.24, 2.45) is 0 Å².